The van der Waals surface area contributed by atoms with E-state index >= 15 is 0 Å². The van der Waals surface area contributed by atoms with Crippen LogP contribution in [0.15, 0.2) is 0 Å². The van der Waals surface area contributed by atoms with Gasteiger partial charge in [-0.1, -0.05) is 6.92 Å². The standard InChI is InChI=1S/C21H35ClN6O/c1-13-2-3-15(8-16(13)22)18-25-10-17(26-20(29)21(12-24)5-6-21)19(27-18)28-7-4-14(9-23)11-28/h13-19,25,27H,2-11,23H2,1H3,(H,26,29). The maximum Gasteiger partial charge on any atom is 0.240 e. The Balaban J connectivity index is 1.44. The summed E-state index contributed by atoms with van der Waals surface area (Å²) in [4.78, 5) is 15.2. The molecule has 2 aliphatic carbocycles. The van der Waals surface area contributed by atoms with E-state index in [2.05, 4.69) is 33.8 Å². The van der Waals surface area contributed by atoms with Crippen LogP contribution in [0.1, 0.15) is 45.4 Å². The van der Waals surface area contributed by atoms with Crippen LogP contribution in [0.4, 0.5) is 0 Å². The Morgan fingerprint density at radius 1 is 1.38 bits per heavy atom. The highest BCUT2D eigenvalue weighted by molar-refractivity contribution is 6.20. The number of likely N-dealkylation sites (tertiary alicyclic amines) is 1. The summed E-state index contributed by atoms with van der Waals surface area (Å²) < 4.78 is 0. The molecule has 0 spiro atoms. The number of nitrogens with zero attached hydrogens (tertiary/aromatic N) is 2. The number of nitriles is 1. The molecule has 1 amide bonds. The van der Waals surface area contributed by atoms with Crippen LogP contribution in [-0.2, 0) is 4.79 Å². The number of carbonyl (C=O) groups is 1. The third kappa shape index (κ3) is 4.42. The summed E-state index contributed by atoms with van der Waals surface area (Å²) in [5.41, 5.74) is 5.12. The zero-order chi connectivity index (χ0) is 20.6. The summed E-state index contributed by atoms with van der Waals surface area (Å²) in [5, 5.41) is 20.2. The molecule has 4 rings (SSSR count). The van der Waals surface area contributed by atoms with Gasteiger partial charge in [-0.3, -0.25) is 20.3 Å². The van der Waals surface area contributed by atoms with E-state index in [9.17, 15) is 10.1 Å². The average Bonchev–Trinajstić information content (AvgIpc) is 3.40. The highest BCUT2D eigenvalue weighted by Gasteiger charge is 2.52. The summed E-state index contributed by atoms with van der Waals surface area (Å²) in [6.07, 6.45) is 6.04. The van der Waals surface area contributed by atoms with Crippen LogP contribution in [0.3, 0.4) is 0 Å². The number of halogens is 1. The molecule has 7 atom stereocenters. The first-order chi connectivity index (χ1) is 14.0. The molecule has 0 aromatic rings. The lowest BCUT2D eigenvalue weighted by Gasteiger charge is -2.47. The predicted octanol–water partition coefficient (Wildman–Crippen LogP) is 0.944. The van der Waals surface area contributed by atoms with E-state index in [-0.39, 0.29) is 29.7 Å². The first-order valence-corrected chi connectivity index (χ1v) is 11.7. The van der Waals surface area contributed by atoms with Crippen molar-refractivity contribution in [2.45, 2.75) is 69.2 Å². The van der Waals surface area contributed by atoms with Crippen molar-refractivity contribution in [1.29, 1.82) is 5.26 Å². The minimum Gasteiger partial charge on any atom is -0.348 e. The lowest BCUT2D eigenvalue weighted by Crippen LogP contribution is -2.72. The van der Waals surface area contributed by atoms with E-state index in [1.54, 1.807) is 0 Å². The number of hydrogen-bond donors (Lipinski definition) is 4. The zero-order valence-electron chi connectivity index (χ0n) is 17.4. The van der Waals surface area contributed by atoms with Crippen LogP contribution in [0, 0.1) is 34.5 Å². The molecule has 2 heterocycles. The molecule has 7 unspecified atom stereocenters. The largest absolute Gasteiger partial charge is 0.348 e. The number of alkyl halides is 1. The van der Waals surface area contributed by atoms with E-state index in [1.165, 1.54) is 6.42 Å². The van der Waals surface area contributed by atoms with Gasteiger partial charge in [-0.2, -0.15) is 5.26 Å². The number of hydrogen-bond acceptors (Lipinski definition) is 6. The number of amides is 1. The monoisotopic (exact) mass is 422 g/mol. The molecule has 4 fully saturated rings. The molecular formula is C21H35ClN6O. The second-order valence-electron chi connectivity index (χ2n) is 9.72. The van der Waals surface area contributed by atoms with E-state index in [4.69, 9.17) is 17.3 Å². The molecule has 0 bridgehead atoms. The Morgan fingerprint density at radius 3 is 2.79 bits per heavy atom. The van der Waals surface area contributed by atoms with Gasteiger partial charge >= 0.3 is 0 Å². The van der Waals surface area contributed by atoms with Gasteiger partial charge in [0.15, 0.2) is 0 Å². The van der Waals surface area contributed by atoms with Crippen LogP contribution in [0.5, 0.6) is 0 Å². The van der Waals surface area contributed by atoms with Crippen LogP contribution in [0.25, 0.3) is 0 Å². The Morgan fingerprint density at radius 2 is 2.17 bits per heavy atom. The molecule has 0 radical (unpaired) electrons. The second kappa shape index (κ2) is 8.68. The van der Waals surface area contributed by atoms with Gasteiger partial charge in [-0.15, -0.1) is 11.6 Å². The van der Waals surface area contributed by atoms with Gasteiger partial charge in [0, 0.05) is 25.0 Å². The van der Waals surface area contributed by atoms with Crippen molar-refractivity contribution in [2.75, 3.05) is 26.2 Å². The van der Waals surface area contributed by atoms with E-state index in [1.807, 2.05) is 0 Å². The first-order valence-electron chi connectivity index (χ1n) is 11.3. The van der Waals surface area contributed by atoms with Gasteiger partial charge in [0.25, 0.3) is 0 Å². The summed E-state index contributed by atoms with van der Waals surface area (Å²) in [5.74, 6) is 1.47. The van der Waals surface area contributed by atoms with Gasteiger partial charge in [0.1, 0.15) is 5.41 Å². The molecule has 5 N–H and O–H groups in total. The quantitative estimate of drug-likeness (QED) is 0.491. The van der Waals surface area contributed by atoms with E-state index in [0.29, 0.717) is 43.7 Å². The van der Waals surface area contributed by atoms with Gasteiger partial charge in [-0.05, 0) is 62.8 Å². The van der Waals surface area contributed by atoms with E-state index in [0.717, 1.165) is 32.4 Å². The molecule has 162 valence electrons. The Kier molecular flexibility index (Phi) is 6.38. The summed E-state index contributed by atoms with van der Waals surface area (Å²) in [6, 6.07) is 2.15. The number of rotatable bonds is 5. The van der Waals surface area contributed by atoms with Gasteiger partial charge in [-0.25, -0.2) is 0 Å². The molecule has 2 saturated heterocycles. The topological polar surface area (TPSA) is 106 Å². The van der Waals surface area contributed by atoms with Crippen molar-refractivity contribution in [1.82, 2.24) is 20.9 Å². The first kappa shape index (κ1) is 21.3. The van der Waals surface area contributed by atoms with Crippen LogP contribution in [-0.4, -0.2) is 60.7 Å². The van der Waals surface area contributed by atoms with Gasteiger partial charge in [0.2, 0.25) is 5.91 Å². The fourth-order valence-corrected chi connectivity index (χ4v) is 5.60. The Bertz CT molecular complexity index is 650. The molecule has 2 aliphatic heterocycles. The minimum absolute atomic E-state index is 0.0596. The van der Waals surface area contributed by atoms with Crippen molar-refractivity contribution in [2.24, 2.45) is 28.9 Å². The van der Waals surface area contributed by atoms with Crippen LogP contribution < -0.4 is 21.7 Å². The highest BCUT2D eigenvalue weighted by atomic mass is 35.5. The third-order valence-electron chi connectivity index (χ3n) is 7.66. The van der Waals surface area contributed by atoms with Gasteiger partial charge in [0.05, 0.1) is 24.4 Å². The van der Waals surface area contributed by atoms with Crippen molar-refractivity contribution >= 4 is 17.5 Å². The lowest BCUT2D eigenvalue weighted by atomic mass is 9.80. The van der Waals surface area contributed by atoms with Crippen molar-refractivity contribution in [3.8, 4) is 6.07 Å². The highest BCUT2D eigenvalue weighted by Crippen LogP contribution is 2.45. The molecule has 29 heavy (non-hydrogen) atoms. The maximum absolute atomic E-state index is 12.7. The smallest absolute Gasteiger partial charge is 0.240 e. The molecule has 0 aromatic carbocycles. The molecule has 8 heteroatoms. The summed E-state index contributed by atoms with van der Waals surface area (Å²) in [7, 11) is 0. The molecule has 7 nitrogen and oxygen atoms in total. The van der Waals surface area contributed by atoms with Gasteiger partial charge < -0.3 is 11.1 Å². The second-order valence-corrected chi connectivity index (χ2v) is 10.3. The fraction of sp³-hybridized carbons (Fsp3) is 0.905. The van der Waals surface area contributed by atoms with Crippen LogP contribution >= 0.6 is 11.6 Å². The molecule has 4 aliphatic rings. The number of carbonyl (C=O) groups excluding carboxylic acids is 1. The average molecular weight is 423 g/mol. The third-order valence-corrected chi connectivity index (χ3v) is 8.27. The van der Waals surface area contributed by atoms with Crippen molar-refractivity contribution in [3.63, 3.8) is 0 Å². The minimum atomic E-state index is -0.794. The maximum atomic E-state index is 12.7. The normalized spacial score (nSPS) is 42.2. The summed E-state index contributed by atoms with van der Waals surface area (Å²) >= 11 is 6.59. The summed E-state index contributed by atoms with van der Waals surface area (Å²) in [6.45, 7) is 5.59. The molecule has 0 aromatic heterocycles. The molecular weight excluding hydrogens is 388 g/mol. The number of nitrogens with one attached hydrogen (secondary N) is 3. The van der Waals surface area contributed by atoms with Crippen molar-refractivity contribution < 1.29 is 4.79 Å². The number of nitrogens with two attached hydrogens (primary N) is 1. The molecule has 2 saturated carbocycles. The Hall–Kier alpha value is -0.910. The SMILES string of the molecule is CC1CCC(C2NCC(NC(=O)C3(C#N)CC3)C(N3CCC(CN)C3)N2)CC1Cl. The van der Waals surface area contributed by atoms with Crippen LogP contribution in [0.2, 0.25) is 0 Å². The fourth-order valence-electron chi connectivity index (χ4n) is 5.25. The zero-order valence-corrected chi connectivity index (χ0v) is 18.1. The Labute approximate surface area is 179 Å². The van der Waals surface area contributed by atoms with E-state index < -0.39 is 5.41 Å². The lowest BCUT2D eigenvalue weighted by molar-refractivity contribution is -0.126. The van der Waals surface area contributed by atoms with Crippen molar-refractivity contribution in [3.05, 3.63) is 0 Å². The predicted molar refractivity (Wildman–Crippen MR) is 113 cm³/mol.